The Balaban J connectivity index is 1.56. The lowest BCUT2D eigenvalue weighted by Gasteiger charge is -2.11. The molecule has 0 saturated carbocycles. The number of benzene rings is 1. The van der Waals surface area contributed by atoms with Crippen LogP contribution in [0.5, 0.6) is 5.75 Å². The summed E-state index contributed by atoms with van der Waals surface area (Å²) in [6.07, 6.45) is 2.29. The fourth-order valence-electron chi connectivity index (χ4n) is 2.33. The Morgan fingerprint density at radius 3 is 2.75 bits per heavy atom. The van der Waals surface area contributed by atoms with E-state index >= 15 is 0 Å². The Labute approximate surface area is 146 Å². The molecule has 4 N–H and O–H groups in total. The summed E-state index contributed by atoms with van der Waals surface area (Å²) in [6, 6.07) is 6.34. The number of nitrogens with one attached hydrogen (secondary N) is 2. The third-order valence-corrected chi connectivity index (χ3v) is 5.44. The number of amides is 1. The van der Waals surface area contributed by atoms with Gasteiger partial charge in [0, 0.05) is 18.3 Å². The van der Waals surface area contributed by atoms with E-state index in [4.69, 9.17) is 9.88 Å². The minimum atomic E-state index is -3.68. The van der Waals surface area contributed by atoms with Crippen LogP contribution in [-0.4, -0.2) is 51.6 Å². The number of carbonyl (C=O) groups is 1. The fourth-order valence-corrected chi connectivity index (χ4v) is 3.48. The molecule has 1 fully saturated rings. The van der Waals surface area contributed by atoms with E-state index in [-0.39, 0.29) is 10.8 Å². The minimum Gasteiger partial charge on any atom is -0.493 e. The maximum atomic E-state index is 11.7. The quantitative estimate of drug-likeness (QED) is 0.538. The number of hydrogen-bond acceptors (Lipinski definition) is 6. The van der Waals surface area contributed by atoms with Crippen molar-refractivity contribution in [1.82, 2.24) is 10.6 Å². The van der Waals surface area contributed by atoms with Crippen molar-refractivity contribution in [2.24, 2.45) is 5.14 Å². The van der Waals surface area contributed by atoms with Crippen molar-refractivity contribution < 1.29 is 17.9 Å². The van der Waals surface area contributed by atoms with Gasteiger partial charge < -0.3 is 15.4 Å². The third-order valence-electron chi connectivity index (χ3n) is 3.59. The van der Waals surface area contributed by atoms with Crippen LogP contribution < -0.4 is 20.5 Å². The second-order valence-electron chi connectivity index (χ2n) is 5.51. The highest BCUT2D eigenvalue weighted by Crippen LogP contribution is 2.15. The number of sulfonamides is 1. The molecule has 1 aromatic carbocycles. The molecule has 24 heavy (non-hydrogen) atoms. The molecule has 1 aliphatic rings. The first-order valence-electron chi connectivity index (χ1n) is 7.78. The SMILES string of the molecule is NS(=O)(=O)c1ccc(OCCSCC(=O)NCC2CCCN2)cc1. The molecule has 9 heteroatoms. The minimum absolute atomic E-state index is 0.0335. The number of rotatable bonds is 9. The summed E-state index contributed by atoms with van der Waals surface area (Å²) >= 11 is 1.50. The molecule has 1 unspecified atom stereocenters. The van der Waals surface area contributed by atoms with Gasteiger partial charge in [-0.15, -0.1) is 11.8 Å². The molecule has 1 aromatic rings. The predicted octanol–water partition coefficient (Wildman–Crippen LogP) is 0.314. The van der Waals surface area contributed by atoms with Gasteiger partial charge in [-0.2, -0.15) is 0 Å². The van der Waals surface area contributed by atoms with E-state index in [0.717, 1.165) is 13.0 Å². The van der Waals surface area contributed by atoms with Gasteiger partial charge in [-0.3, -0.25) is 4.79 Å². The van der Waals surface area contributed by atoms with Crippen LogP contribution in [0.4, 0.5) is 0 Å². The van der Waals surface area contributed by atoms with Gasteiger partial charge in [-0.1, -0.05) is 0 Å². The zero-order valence-corrected chi connectivity index (χ0v) is 15.0. The third kappa shape index (κ3) is 6.68. The van der Waals surface area contributed by atoms with Gasteiger partial charge in [-0.25, -0.2) is 13.6 Å². The molecule has 1 amide bonds. The van der Waals surface area contributed by atoms with Crippen molar-refractivity contribution in [3.8, 4) is 5.75 Å². The summed E-state index contributed by atoms with van der Waals surface area (Å²) in [4.78, 5) is 11.7. The van der Waals surface area contributed by atoms with E-state index in [9.17, 15) is 13.2 Å². The summed E-state index contributed by atoms with van der Waals surface area (Å²) < 4.78 is 27.8. The van der Waals surface area contributed by atoms with E-state index in [2.05, 4.69) is 10.6 Å². The second kappa shape index (κ2) is 9.26. The summed E-state index contributed by atoms with van der Waals surface area (Å²) in [5, 5.41) is 11.3. The number of thioether (sulfide) groups is 1. The second-order valence-corrected chi connectivity index (χ2v) is 8.18. The van der Waals surface area contributed by atoms with Crippen molar-refractivity contribution in [1.29, 1.82) is 0 Å². The smallest absolute Gasteiger partial charge is 0.238 e. The predicted molar refractivity (Wildman–Crippen MR) is 94.7 cm³/mol. The summed E-state index contributed by atoms with van der Waals surface area (Å²) in [5.41, 5.74) is 0. The first-order valence-corrected chi connectivity index (χ1v) is 10.5. The zero-order chi connectivity index (χ0) is 17.4. The Kier molecular flexibility index (Phi) is 7.35. The number of ether oxygens (including phenoxy) is 1. The number of carbonyl (C=O) groups excluding carboxylic acids is 1. The van der Waals surface area contributed by atoms with E-state index in [1.54, 1.807) is 12.1 Å². The van der Waals surface area contributed by atoms with Gasteiger partial charge in [-0.05, 0) is 43.7 Å². The highest BCUT2D eigenvalue weighted by Gasteiger charge is 2.14. The number of primary sulfonamides is 1. The van der Waals surface area contributed by atoms with Gasteiger partial charge in [0.15, 0.2) is 0 Å². The van der Waals surface area contributed by atoms with Crippen molar-refractivity contribution in [2.45, 2.75) is 23.8 Å². The van der Waals surface area contributed by atoms with Crippen LogP contribution in [0.3, 0.4) is 0 Å². The summed E-state index contributed by atoms with van der Waals surface area (Å²) in [7, 11) is -3.68. The van der Waals surface area contributed by atoms with E-state index in [0.29, 0.717) is 36.4 Å². The number of hydrogen-bond donors (Lipinski definition) is 3. The topological polar surface area (TPSA) is 111 Å². The molecule has 1 aliphatic heterocycles. The van der Waals surface area contributed by atoms with E-state index in [1.807, 2.05) is 0 Å². The Bertz CT molecular complexity index is 629. The summed E-state index contributed by atoms with van der Waals surface area (Å²) in [5.74, 6) is 1.68. The lowest BCUT2D eigenvalue weighted by Crippen LogP contribution is -2.37. The van der Waals surface area contributed by atoms with Crippen LogP contribution in [0.2, 0.25) is 0 Å². The summed E-state index contributed by atoms with van der Waals surface area (Å²) in [6.45, 7) is 2.16. The van der Waals surface area contributed by atoms with Crippen LogP contribution in [0.25, 0.3) is 0 Å². The molecule has 2 rings (SSSR count). The molecule has 1 heterocycles. The van der Waals surface area contributed by atoms with Gasteiger partial charge in [0.25, 0.3) is 0 Å². The average molecular weight is 374 g/mol. The molecule has 0 aliphatic carbocycles. The van der Waals surface area contributed by atoms with Gasteiger partial charge in [0.05, 0.1) is 17.3 Å². The molecule has 1 saturated heterocycles. The molecule has 0 aromatic heterocycles. The normalized spacial score (nSPS) is 17.6. The van der Waals surface area contributed by atoms with Gasteiger partial charge >= 0.3 is 0 Å². The molecule has 0 spiro atoms. The molecular weight excluding hydrogens is 350 g/mol. The fraction of sp³-hybridized carbons (Fsp3) is 0.533. The molecule has 134 valence electrons. The largest absolute Gasteiger partial charge is 0.493 e. The maximum absolute atomic E-state index is 11.7. The Hall–Kier alpha value is -1.29. The van der Waals surface area contributed by atoms with Crippen LogP contribution >= 0.6 is 11.8 Å². The Morgan fingerprint density at radius 2 is 2.12 bits per heavy atom. The molecule has 0 radical (unpaired) electrons. The maximum Gasteiger partial charge on any atom is 0.238 e. The highest BCUT2D eigenvalue weighted by molar-refractivity contribution is 7.99. The Morgan fingerprint density at radius 1 is 1.38 bits per heavy atom. The van der Waals surface area contributed by atoms with Crippen molar-refractivity contribution >= 4 is 27.7 Å². The van der Waals surface area contributed by atoms with E-state index in [1.165, 1.54) is 30.3 Å². The first-order chi connectivity index (χ1) is 11.4. The van der Waals surface area contributed by atoms with Crippen LogP contribution in [0.1, 0.15) is 12.8 Å². The molecule has 7 nitrogen and oxygen atoms in total. The monoisotopic (exact) mass is 373 g/mol. The molecular formula is C15H23N3O4S2. The van der Waals surface area contributed by atoms with Crippen LogP contribution in [0, 0.1) is 0 Å². The highest BCUT2D eigenvalue weighted by atomic mass is 32.2. The van der Waals surface area contributed by atoms with Crippen molar-refractivity contribution in [3.05, 3.63) is 24.3 Å². The van der Waals surface area contributed by atoms with Gasteiger partial charge in [0.2, 0.25) is 15.9 Å². The standard InChI is InChI=1S/C15H23N3O4S2/c16-24(20,21)14-5-3-13(4-6-14)22-8-9-23-11-15(19)18-10-12-2-1-7-17-12/h3-6,12,17H,1-2,7-11H2,(H,18,19)(H2,16,20,21). The van der Waals surface area contributed by atoms with Crippen LogP contribution in [-0.2, 0) is 14.8 Å². The lowest BCUT2D eigenvalue weighted by atomic mass is 10.2. The van der Waals surface area contributed by atoms with E-state index < -0.39 is 10.0 Å². The molecule has 0 bridgehead atoms. The van der Waals surface area contributed by atoms with Crippen molar-refractivity contribution in [2.75, 3.05) is 31.2 Å². The average Bonchev–Trinajstić information content (AvgIpc) is 3.05. The van der Waals surface area contributed by atoms with Crippen molar-refractivity contribution in [3.63, 3.8) is 0 Å². The first kappa shape index (κ1) is 19.0. The molecule has 1 atom stereocenters. The zero-order valence-electron chi connectivity index (χ0n) is 13.4. The number of nitrogens with two attached hydrogens (primary N) is 1. The van der Waals surface area contributed by atoms with Crippen LogP contribution in [0.15, 0.2) is 29.2 Å². The van der Waals surface area contributed by atoms with Gasteiger partial charge in [0.1, 0.15) is 5.75 Å². The lowest BCUT2D eigenvalue weighted by molar-refractivity contribution is -0.118.